The number of benzene rings is 1. The number of methoxy groups -OCH3 is 1. The maximum absolute atomic E-state index is 11.8. The Balaban J connectivity index is 2.70. The fourth-order valence-corrected chi connectivity index (χ4v) is 1.80. The van der Waals surface area contributed by atoms with Crippen molar-refractivity contribution in [3.05, 3.63) is 52.2 Å². The third-order valence-electron chi connectivity index (χ3n) is 2.76. The monoisotopic (exact) mass is 260 g/mol. The SMILES string of the molecule is COc1cccc(-n2c(C)c(C(=O)O)cnc2=O)c1. The van der Waals surface area contributed by atoms with E-state index in [1.807, 2.05) is 0 Å². The molecule has 1 aromatic heterocycles. The summed E-state index contributed by atoms with van der Waals surface area (Å²) in [6, 6.07) is 6.78. The van der Waals surface area contributed by atoms with Crippen LogP contribution in [0.1, 0.15) is 16.1 Å². The maximum atomic E-state index is 11.8. The molecule has 0 aliphatic carbocycles. The van der Waals surface area contributed by atoms with E-state index >= 15 is 0 Å². The van der Waals surface area contributed by atoms with Gasteiger partial charge in [-0.2, -0.15) is 0 Å². The van der Waals surface area contributed by atoms with Crippen molar-refractivity contribution in [2.75, 3.05) is 7.11 Å². The van der Waals surface area contributed by atoms with Gasteiger partial charge in [-0.3, -0.25) is 4.57 Å². The fraction of sp³-hybridized carbons (Fsp3) is 0.154. The first-order chi connectivity index (χ1) is 9.04. The number of carbonyl (C=O) groups is 1. The number of aromatic nitrogens is 2. The Morgan fingerprint density at radius 1 is 1.42 bits per heavy atom. The van der Waals surface area contributed by atoms with Crippen LogP contribution in [0.2, 0.25) is 0 Å². The quantitative estimate of drug-likeness (QED) is 0.898. The highest BCUT2D eigenvalue weighted by molar-refractivity contribution is 5.88. The molecule has 0 atom stereocenters. The minimum Gasteiger partial charge on any atom is -0.497 e. The molecule has 0 amide bonds. The Morgan fingerprint density at radius 2 is 2.16 bits per heavy atom. The average molecular weight is 260 g/mol. The summed E-state index contributed by atoms with van der Waals surface area (Å²) in [6.07, 6.45) is 1.07. The maximum Gasteiger partial charge on any atom is 0.352 e. The van der Waals surface area contributed by atoms with E-state index in [0.29, 0.717) is 17.1 Å². The predicted molar refractivity (Wildman–Crippen MR) is 68.1 cm³/mol. The van der Waals surface area contributed by atoms with Crippen LogP contribution < -0.4 is 10.4 Å². The summed E-state index contributed by atoms with van der Waals surface area (Å²) in [5, 5.41) is 9.05. The van der Waals surface area contributed by atoms with Crippen LogP contribution in [0, 0.1) is 6.92 Å². The summed E-state index contributed by atoms with van der Waals surface area (Å²) >= 11 is 0. The lowest BCUT2D eigenvalue weighted by molar-refractivity contribution is 0.0694. The molecule has 0 aliphatic heterocycles. The largest absolute Gasteiger partial charge is 0.497 e. The molecule has 1 aromatic carbocycles. The first-order valence-corrected chi connectivity index (χ1v) is 5.51. The van der Waals surface area contributed by atoms with Crippen molar-refractivity contribution >= 4 is 5.97 Å². The van der Waals surface area contributed by atoms with Crippen LogP contribution in [0.25, 0.3) is 5.69 Å². The number of nitrogens with zero attached hydrogens (tertiary/aromatic N) is 2. The molecule has 6 nitrogen and oxygen atoms in total. The van der Waals surface area contributed by atoms with Crippen LogP contribution in [0.5, 0.6) is 5.75 Å². The molecule has 2 rings (SSSR count). The zero-order chi connectivity index (χ0) is 14.0. The van der Waals surface area contributed by atoms with Gasteiger partial charge in [-0.15, -0.1) is 0 Å². The average Bonchev–Trinajstić information content (AvgIpc) is 2.38. The molecule has 0 fully saturated rings. The molecule has 0 unspecified atom stereocenters. The summed E-state index contributed by atoms with van der Waals surface area (Å²) in [6.45, 7) is 1.56. The van der Waals surface area contributed by atoms with E-state index in [4.69, 9.17) is 9.84 Å². The predicted octanol–water partition coefficient (Wildman–Crippen LogP) is 1.25. The second-order valence-corrected chi connectivity index (χ2v) is 3.88. The molecule has 1 N–H and O–H groups in total. The van der Waals surface area contributed by atoms with Gasteiger partial charge in [-0.05, 0) is 19.1 Å². The minimum absolute atomic E-state index is 0.0116. The van der Waals surface area contributed by atoms with Crippen molar-refractivity contribution < 1.29 is 14.6 Å². The van der Waals surface area contributed by atoms with Gasteiger partial charge in [0.05, 0.1) is 18.4 Å². The van der Waals surface area contributed by atoms with Gasteiger partial charge in [0.25, 0.3) is 0 Å². The molecule has 98 valence electrons. The molecule has 0 saturated carbocycles. The second-order valence-electron chi connectivity index (χ2n) is 3.88. The number of carboxylic acid groups (broad SMARTS) is 1. The van der Waals surface area contributed by atoms with Crippen LogP contribution in [-0.4, -0.2) is 27.7 Å². The first-order valence-electron chi connectivity index (χ1n) is 5.51. The fourth-order valence-electron chi connectivity index (χ4n) is 1.80. The van der Waals surface area contributed by atoms with Gasteiger partial charge in [-0.1, -0.05) is 6.07 Å². The summed E-state index contributed by atoms with van der Waals surface area (Å²) in [5.41, 5.74) is 0.288. The van der Waals surface area contributed by atoms with E-state index in [2.05, 4.69) is 4.98 Å². The van der Waals surface area contributed by atoms with Crippen LogP contribution in [0.15, 0.2) is 35.3 Å². The first kappa shape index (κ1) is 12.8. The van der Waals surface area contributed by atoms with Crippen LogP contribution in [0.3, 0.4) is 0 Å². The van der Waals surface area contributed by atoms with Gasteiger partial charge in [0.15, 0.2) is 0 Å². The highest BCUT2D eigenvalue weighted by Crippen LogP contribution is 2.17. The number of ether oxygens (including phenoxy) is 1. The highest BCUT2D eigenvalue weighted by atomic mass is 16.5. The molecule has 19 heavy (non-hydrogen) atoms. The number of aromatic carboxylic acids is 1. The second kappa shape index (κ2) is 4.93. The number of carboxylic acids is 1. The molecule has 0 saturated heterocycles. The van der Waals surface area contributed by atoms with Crippen molar-refractivity contribution in [1.29, 1.82) is 0 Å². The molecule has 6 heteroatoms. The van der Waals surface area contributed by atoms with Crippen molar-refractivity contribution in [2.24, 2.45) is 0 Å². The van der Waals surface area contributed by atoms with Crippen molar-refractivity contribution in [3.63, 3.8) is 0 Å². The molecule has 0 aliphatic rings. The van der Waals surface area contributed by atoms with Gasteiger partial charge >= 0.3 is 11.7 Å². The zero-order valence-corrected chi connectivity index (χ0v) is 10.5. The van der Waals surface area contributed by atoms with E-state index in [1.54, 1.807) is 31.2 Å². The summed E-state index contributed by atoms with van der Waals surface area (Å²) in [5.74, 6) is -0.550. The smallest absolute Gasteiger partial charge is 0.352 e. The lowest BCUT2D eigenvalue weighted by Gasteiger charge is -2.11. The van der Waals surface area contributed by atoms with Crippen LogP contribution in [0.4, 0.5) is 0 Å². The summed E-state index contributed by atoms with van der Waals surface area (Å²) in [7, 11) is 1.51. The van der Waals surface area contributed by atoms with E-state index in [1.165, 1.54) is 11.7 Å². The van der Waals surface area contributed by atoms with Gasteiger partial charge in [-0.25, -0.2) is 14.6 Å². The van der Waals surface area contributed by atoms with Gasteiger partial charge in [0, 0.05) is 18.0 Å². The molecule has 0 bridgehead atoms. The molecule has 2 aromatic rings. The minimum atomic E-state index is -1.12. The lowest BCUT2D eigenvalue weighted by Crippen LogP contribution is -2.25. The Morgan fingerprint density at radius 3 is 2.79 bits per heavy atom. The standard InChI is InChI=1S/C13H12N2O4/c1-8-11(12(16)17)7-14-13(18)15(8)9-4-3-5-10(6-9)19-2/h3-7H,1-2H3,(H,16,17). The molecular formula is C13H12N2O4. The van der Waals surface area contributed by atoms with Crippen molar-refractivity contribution in [3.8, 4) is 11.4 Å². The normalized spacial score (nSPS) is 10.2. The molecule has 0 spiro atoms. The summed E-state index contributed by atoms with van der Waals surface area (Å²) in [4.78, 5) is 26.5. The van der Waals surface area contributed by atoms with Gasteiger partial charge < -0.3 is 9.84 Å². The van der Waals surface area contributed by atoms with Crippen LogP contribution >= 0.6 is 0 Å². The number of hydrogen-bond acceptors (Lipinski definition) is 4. The Kier molecular flexibility index (Phi) is 3.33. The zero-order valence-electron chi connectivity index (χ0n) is 10.5. The Labute approximate surface area is 108 Å². The molecule has 0 radical (unpaired) electrons. The third-order valence-corrected chi connectivity index (χ3v) is 2.76. The summed E-state index contributed by atoms with van der Waals surface area (Å²) < 4.78 is 6.32. The van der Waals surface area contributed by atoms with Crippen LogP contribution in [-0.2, 0) is 0 Å². The lowest BCUT2D eigenvalue weighted by atomic mass is 10.2. The van der Waals surface area contributed by atoms with Crippen molar-refractivity contribution in [1.82, 2.24) is 9.55 Å². The van der Waals surface area contributed by atoms with Gasteiger partial charge in [0.2, 0.25) is 0 Å². The van der Waals surface area contributed by atoms with E-state index in [0.717, 1.165) is 6.20 Å². The molecular weight excluding hydrogens is 248 g/mol. The number of hydrogen-bond donors (Lipinski definition) is 1. The highest BCUT2D eigenvalue weighted by Gasteiger charge is 2.14. The topological polar surface area (TPSA) is 81.4 Å². The van der Waals surface area contributed by atoms with E-state index in [9.17, 15) is 9.59 Å². The Hall–Kier alpha value is -2.63. The Bertz CT molecular complexity index is 691. The number of rotatable bonds is 3. The van der Waals surface area contributed by atoms with E-state index < -0.39 is 11.7 Å². The van der Waals surface area contributed by atoms with Gasteiger partial charge in [0.1, 0.15) is 5.75 Å². The van der Waals surface area contributed by atoms with E-state index in [-0.39, 0.29) is 5.56 Å². The molecule has 1 heterocycles. The third kappa shape index (κ3) is 2.33. The van der Waals surface area contributed by atoms with Crippen molar-refractivity contribution in [2.45, 2.75) is 6.92 Å².